The van der Waals surface area contributed by atoms with Crippen molar-refractivity contribution in [3.63, 3.8) is 0 Å². The molecule has 3 heteroatoms. The standard InChI is InChI=1S/C9H20N2O/c10-5-1-2-6-11-7-3-9(12)4-8-11/h9,12H,1-8,10H2. The number of nitrogens with zero attached hydrogens (tertiary/aromatic N) is 1. The zero-order chi connectivity index (χ0) is 8.81. The normalized spacial score (nSPS) is 21.5. The van der Waals surface area contributed by atoms with Gasteiger partial charge in [0.15, 0.2) is 0 Å². The Labute approximate surface area is 74.5 Å². The third kappa shape index (κ3) is 3.52. The molecule has 1 heterocycles. The fourth-order valence-electron chi connectivity index (χ4n) is 1.62. The number of aliphatic hydroxyl groups excluding tert-OH is 1. The molecule has 12 heavy (non-hydrogen) atoms. The summed E-state index contributed by atoms with van der Waals surface area (Å²) in [5, 5.41) is 9.25. The minimum Gasteiger partial charge on any atom is -0.393 e. The van der Waals surface area contributed by atoms with Crippen LogP contribution in [0.5, 0.6) is 0 Å². The maximum absolute atomic E-state index is 9.25. The van der Waals surface area contributed by atoms with Gasteiger partial charge in [-0.1, -0.05) is 0 Å². The molecule has 3 N–H and O–H groups in total. The van der Waals surface area contributed by atoms with E-state index in [0.29, 0.717) is 0 Å². The van der Waals surface area contributed by atoms with Crippen LogP contribution in [0.3, 0.4) is 0 Å². The molecule has 0 spiro atoms. The first-order chi connectivity index (χ1) is 5.83. The topological polar surface area (TPSA) is 49.5 Å². The van der Waals surface area contributed by atoms with Gasteiger partial charge in [-0.2, -0.15) is 0 Å². The van der Waals surface area contributed by atoms with Crippen molar-refractivity contribution in [1.29, 1.82) is 0 Å². The lowest BCUT2D eigenvalue weighted by atomic mass is 10.1. The fourth-order valence-corrected chi connectivity index (χ4v) is 1.62. The van der Waals surface area contributed by atoms with Gasteiger partial charge in [-0.05, 0) is 38.8 Å². The SMILES string of the molecule is NCCCCN1CCC(O)CC1. The van der Waals surface area contributed by atoms with E-state index in [-0.39, 0.29) is 6.10 Å². The fraction of sp³-hybridized carbons (Fsp3) is 1.00. The number of piperidine rings is 1. The minimum absolute atomic E-state index is 0.0456. The summed E-state index contributed by atoms with van der Waals surface area (Å²) in [7, 11) is 0. The lowest BCUT2D eigenvalue weighted by molar-refractivity contribution is 0.0819. The Morgan fingerprint density at radius 3 is 2.50 bits per heavy atom. The Hall–Kier alpha value is -0.120. The van der Waals surface area contributed by atoms with Crippen LogP contribution in [0.1, 0.15) is 25.7 Å². The van der Waals surface area contributed by atoms with E-state index in [1.807, 2.05) is 0 Å². The molecule has 1 rings (SSSR count). The lowest BCUT2D eigenvalue weighted by Gasteiger charge is -2.29. The van der Waals surface area contributed by atoms with E-state index in [1.54, 1.807) is 0 Å². The number of aliphatic hydroxyl groups is 1. The van der Waals surface area contributed by atoms with Crippen LogP contribution in [-0.4, -0.2) is 42.3 Å². The van der Waals surface area contributed by atoms with E-state index >= 15 is 0 Å². The summed E-state index contributed by atoms with van der Waals surface area (Å²) in [4.78, 5) is 2.42. The molecule has 0 aromatic carbocycles. The molecule has 72 valence electrons. The summed E-state index contributed by atoms with van der Waals surface area (Å²) in [6.45, 7) is 4.08. The Morgan fingerprint density at radius 2 is 1.92 bits per heavy atom. The highest BCUT2D eigenvalue weighted by Crippen LogP contribution is 2.10. The Kier molecular flexibility index (Phi) is 4.58. The predicted octanol–water partition coefficient (Wildman–Crippen LogP) is 0.182. The first kappa shape index (κ1) is 9.96. The van der Waals surface area contributed by atoms with Crippen LogP contribution in [0.25, 0.3) is 0 Å². The molecule has 0 bridgehead atoms. The van der Waals surface area contributed by atoms with Gasteiger partial charge >= 0.3 is 0 Å². The monoisotopic (exact) mass is 172 g/mol. The maximum atomic E-state index is 9.25. The summed E-state index contributed by atoms with van der Waals surface area (Å²) in [5.74, 6) is 0. The van der Waals surface area contributed by atoms with E-state index in [2.05, 4.69) is 4.90 Å². The van der Waals surface area contributed by atoms with E-state index in [9.17, 15) is 5.11 Å². The van der Waals surface area contributed by atoms with Crippen LogP contribution >= 0.6 is 0 Å². The van der Waals surface area contributed by atoms with Gasteiger partial charge in [0.25, 0.3) is 0 Å². The van der Waals surface area contributed by atoms with Crippen LogP contribution in [0.4, 0.5) is 0 Å². The summed E-state index contributed by atoms with van der Waals surface area (Å²) >= 11 is 0. The molecule has 0 aliphatic carbocycles. The van der Waals surface area contributed by atoms with E-state index < -0.39 is 0 Å². The zero-order valence-corrected chi connectivity index (χ0v) is 7.71. The molecule has 0 atom stereocenters. The number of nitrogens with two attached hydrogens (primary N) is 1. The largest absolute Gasteiger partial charge is 0.393 e. The lowest BCUT2D eigenvalue weighted by Crippen LogP contribution is -2.36. The second kappa shape index (κ2) is 5.51. The third-order valence-electron chi connectivity index (χ3n) is 2.49. The highest BCUT2D eigenvalue weighted by atomic mass is 16.3. The minimum atomic E-state index is -0.0456. The van der Waals surface area contributed by atoms with Crippen molar-refractivity contribution in [1.82, 2.24) is 4.90 Å². The average molecular weight is 172 g/mol. The Balaban J connectivity index is 2.01. The van der Waals surface area contributed by atoms with Crippen molar-refractivity contribution in [3.8, 4) is 0 Å². The van der Waals surface area contributed by atoms with Crippen LogP contribution in [0.2, 0.25) is 0 Å². The highest BCUT2D eigenvalue weighted by molar-refractivity contribution is 4.70. The van der Waals surface area contributed by atoms with E-state index in [0.717, 1.165) is 45.4 Å². The van der Waals surface area contributed by atoms with Crippen LogP contribution < -0.4 is 5.73 Å². The zero-order valence-electron chi connectivity index (χ0n) is 7.71. The molecule has 0 saturated carbocycles. The maximum Gasteiger partial charge on any atom is 0.0564 e. The predicted molar refractivity (Wildman–Crippen MR) is 50.0 cm³/mol. The highest BCUT2D eigenvalue weighted by Gasteiger charge is 2.15. The molecular weight excluding hydrogens is 152 g/mol. The first-order valence-corrected chi connectivity index (χ1v) is 4.93. The molecule has 0 aromatic rings. The van der Waals surface area contributed by atoms with Crippen molar-refractivity contribution < 1.29 is 5.11 Å². The molecule has 1 fully saturated rings. The Morgan fingerprint density at radius 1 is 1.25 bits per heavy atom. The third-order valence-corrected chi connectivity index (χ3v) is 2.49. The van der Waals surface area contributed by atoms with Gasteiger partial charge in [-0.25, -0.2) is 0 Å². The van der Waals surface area contributed by atoms with Gasteiger partial charge in [0.05, 0.1) is 6.10 Å². The molecule has 0 aromatic heterocycles. The van der Waals surface area contributed by atoms with Crippen molar-refractivity contribution in [3.05, 3.63) is 0 Å². The summed E-state index contributed by atoms with van der Waals surface area (Å²) in [6.07, 6.45) is 4.17. The van der Waals surface area contributed by atoms with Gasteiger partial charge in [0.2, 0.25) is 0 Å². The van der Waals surface area contributed by atoms with E-state index in [4.69, 9.17) is 5.73 Å². The van der Waals surface area contributed by atoms with Crippen molar-refractivity contribution >= 4 is 0 Å². The number of likely N-dealkylation sites (tertiary alicyclic amines) is 1. The van der Waals surface area contributed by atoms with Gasteiger partial charge in [-0.3, -0.25) is 0 Å². The number of unbranched alkanes of at least 4 members (excludes halogenated alkanes) is 1. The average Bonchev–Trinajstić information content (AvgIpc) is 2.09. The van der Waals surface area contributed by atoms with Gasteiger partial charge < -0.3 is 15.7 Å². The van der Waals surface area contributed by atoms with Gasteiger partial charge in [0.1, 0.15) is 0 Å². The molecule has 0 amide bonds. The number of hydrogen-bond donors (Lipinski definition) is 2. The molecule has 1 aliphatic rings. The van der Waals surface area contributed by atoms with Gasteiger partial charge in [-0.15, -0.1) is 0 Å². The second-order valence-corrected chi connectivity index (χ2v) is 3.57. The second-order valence-electron chi connectivity index (χ2n) is 3.57. The molecule has 3 nitrogen and oxygen atoms in total. The molecule has 0 unspecified atom stereocenters. The van der Waals surface area contributed by atoms with Crippen LogP contribution in [0.15, 0.2) is 0 Å². The van der Waals surface area contributed by atoms with Crippen molar-refractivity contribution in [2.75, 3.05) is 26.2 Å². The Bertz CT molecular complexity index is 111. The first-order valence-electron chi connectivity index (χ1n) is 4.93. The summed E-state index contributed by atoms with van der Waals surface area (Å²) in [6, 6.07) is 0. The van der Waals surface area contributed by atoms with Crippen molar-refractivity contribution in [2.24, 2.45) is 5.73 Å². The van der Waals surface area contributed by atoms with Crippen LogP contribution in [0, 0.1) is 0 Å². The summed E-state index contributed by atoms with van der Waals surface area (Å²) in [5.41, 5.74) is 5.41. The van der Waals surface area contributed by atoms with Gasteiger partial charge in [0, 0.05) is 13.1 Å². The molecular formula is C9H20N2O. The number of rotatable bonds is 4. The molecule has 1 saturated heterocycles. The summed E-state index contributed by atoms with van der Waals surface area (Å²) < 4.78 is 0. The quantitative estimate of drug-likeness (QED) is 0.595. The van der Waals surface area contributed by atoms with Crippen LogP contribution in [-0.2, 0) is 0 Å². The molecule has 0 radical (unpaired) electrons. The van der Waals surface area contributed by atoms with Crippen molar-refractivity contribution in [2.45, 2.75) is 31.8 Å². The van der Waals surface area contributed by atoms with E-state index in [1.165, 1.54) is 6.42 Å². The smallest absolute Gasteiger partial charge is 0.0564 e. The molecule has 1 aliphatic heterocycles. The number of hydrogen-bond acceptors (Lipinski definition) is 3.